The molecule has 1 saturated heterocycles. The van der Waals surface area contributed by atoms with E-state index < -0.39 is 11.5 Å². The van der Waals surface area contributed by atoms with Crippen molar-refractivity contribution in [3.8, 4) is 0 Å². The van der Waals surface area contributed by atoms with Gasteiger partial charge in [-0.2, -0.15) is 0 Å². The van der Waals surface area contributed by atoms with Gasteiger partial charge in [0.05, 0.1) is 0 Å². The number of carbonyl (C=O) groups excluding carboxylic acids is 1. The van der Waals surface area contributed by atoms with Gasteiger partial charge in [0.15, 0.2) is 0 Å². The summed E-state index contributed by atoms with van der Waals surface area (Å²) in [5.74, 6) is -0.430. The zero-order valence-electron chi connectivity index (χ0n) is 12.9. The highest BCUT2D eigenvalue weighted by molar-refractivity contribution is 5.86. The second kappa shape index (κ2) is 7.50. The Bertz CT molecular complexity index is 346. The molecule has 5 heteroatoms. The summed E-state index contributed by atoms with van der Waals surface area (Å²) in [6.45, 7) is 7.09. The van der Waals surface area contributed by atoms with Crippen LogP contribution >= 0.6 is 0 Å². The molecule has 2 unspecified atom stereocenters. The number of unbranched alkanes of at least 4 members (excludes halogenated alkanes) is 1. The van der Waals surface area contributed by atoms with Crippen LogP contribution < -0.4 is 5.32 Å². The molecular weight excluding hydrogens is 256 g/mol. The van der Waals surface area contributed by atoms with Gasteiger partial charge in [-0.15, -0.1) is 0 Å². The lowest BCUT2D eigenvalue weighted by molar-refractivity contribution is -0.147. The number of hydrogen-bond donors (Lipinski definition) is 2. The third kappa shape index (κ3) is 3.87. The summed E-state index contributed by atoms with van der Waals surface area (Å²) in [5.41, 5.74) is -1.05. The molecule has 1 aliphatic rings. The van der Waals surface area contributed by atoms with Gasteiger partial charge in [-0.3, -0.25) is 0 Å². The molecule has 0 bridgehead atoms. The number of carbonyl (C=O) groups is 2. The highest BCUT2D eigenvalue weighted by atomic mass is 16.4. The zero-order chi connectivity index (χ0) is 15.2. The largest absolute Gasteiger partial charge is 0.480 e. The fraction of sp³-hybridized carbons (Fsp3) is 0.867. The van der Waals surface area contributed by atoms with Gasteiger partial charge < -0.3 is 15.3 Å². The number of urea groups is 1. The molecule has 1 fully saturated rings. The van der Waals surface area contributed by atoms with Gasteiger partial charge in [0.2, 0.25) is 0 Å². The second-order valence-corrected chi connectivity index (χ2v) is 5.94. The van der Waals surface area contributed by atoms with E-state index in [4.69, 9.17) is 0 Å². The van der Waals surface area contributed by atoms with E-state index in [1.165, 1.54) is 11.3 Å². The van der Waals surface area contributed by atoms with Crippen LogP contribution in [0.4, 0.5) is 4.79 Å². The Morgan fingerprint density at radius 3 is 2.65 bits per heavy atom. The molecule has 0 aliphatic carbocycles. The quantitative estimate of drug-likeness (QED) is 0.755. The van der Waals surface area contributed by atoms with Gasteiger partial charge in [0, 0.05) is 13.1 Å². The Hall–Kier alpha value is -1.26. The first-order chi connectivity index (χ1) is 9.45. The number of nitrogens with zero attached hydrogens (tertiary/aromatic N) is 1. The Morgan fingerprint density at radius 1 is 1.40 bits per heavy atom. The van der Waals surface area contributed by atoms with Gasteiger partial charge in [0.1, 0.15) is 5.54 Å². The fourth-order valence-electron chi connectivity index (χ4n) is 2.78. The number of carboxylic acids is 1. The minimum absolute atomic E-state index is 0.234. The summed E-state index contributed by atoms with van der Waals surface area (Å²) in [6.07, 6.45) is 5.77. The monoisotopic (exact) mass is 284 g/mol. The maximum absolute atomic E-state index is 12.2. The molecule has 0 saturated carbocycles. The number of aliphatic carboxylic acids is 1. The van der Waals surface area contributed by atoms with Gasteiger partial charge in [0.25, 0.3) is 0 Å². The molecule has 20 heavy (non-hydrogen) atoms. The Morgan fingerprint density at radius 2 is 2.10 bits per heavy atom. The molecule has 1 heterocycles. The van der Waals surface area contributed by atoms with Crippen molar-refractivity contribution in [3.63, 3.8) is 0 Å². The van der Waals surface area contributed by atoms with Gasteiger partial charge >= 0.3 is 12.0 Å². The smallest absolute Gasteiger partial charge is 0.329 e. The van der Waals surface area contributed by atoms with Crippen molar-refractivity contribution in [2.75, 3.05) is 13.1 Å². The highest BCUT2D eigenvalue weighted by Crippen LogP contribution is 2.29. The fourth-order valence-corrected chi connectivity index (χ4v) is 2.78. The minimum atomic E-state index is -1.05. The summed E-state index contributed by atoms with van der Waals surface area (Å²) in [7, 11) is 0. The Labute approximate surface area is 121 Å². The first-order valence-corrected chi connectivity index (χ1v) is 7.74. The summed E-state index contributed by atoms with van der Waals surface area (Å²) < 4.78 is 0. The Balaban J connectivity index is 2.51. The molecule has 2 N–H and O–H groups in total. The number of amides is 2. The van der Waals surface area contributed by atoms with Gasteiger partial charge in [-0.1, -0.05) is 33.1 Å². The maximum Gasteiger partial charge on any atom is 0.329 e. The molecule has 2 amide bonds. The normalized spacial score (nSPS) is 23.6. The number of hydrogen-bond acceptors (Lipinski definition) is 2. The lowest BCUT2D eigenvalue weighted by Gasteiger charge is -2.31. The van der Waals surface area contributed by atoms with Gasteiger partial charge in [-0.05, 0) is 32.1 Å². The van der Waals surface area contributed by atoms with Crippen LogP contribution in [0.2, 0.25) is 0 Å². The van der Waals surface area contributed by atoms with Crippen molar-refractivity contribution >= 4 is 12.0 Å². The summed E-state index contributed by atoms with van der Waals surface area (Å²) >= 11 is 0. The van der Waals surface area contributed by atoms with Crippen LogP contribution in [0.25, 0.3) is 0 Å². The van der Waals surface area contributed by atoms with Gasteiger partial charge in [-0.25, -0.2) is 9.59 Å². The molecule has 1 aliphatic heterocycles. The van der Waals surface area contributed by atoms with Crippen molar-refractivity contribution in [2.24, 2.45) is 5.92 Å². The lowest BCUT2D eigenvalue weighted by atomic mass is 9.99. The average molecular weight is 284 g/mol. The van der Waals surface area contributed by atoms with Crippen molar-refractivity contribution in [1.29, 1.82) is 0 Å². The van der Waals surface area contributed by atoms with Crippen molar-refractivity contribution in [3.05, 3.63) is 0 Å². The van der Waals surface area contributed by atoms with Crippen LogP contribution in [0.5, 0.6) is 0 Å². The van der Waals surface area contributed by atoms with Crippen LogP contribution in [0.1, 0.15) is 59.3 Å². The van der Waals surface area contributed by atoms with E-state index in [0.29, 0.717) is 25.4 Å². The SMILES string of the molecule is CCCCC(CC)CNC(=O)N1CCCC1(C)C(=O)O. The molecule has 5 nitrogen and oxygen atoms in total. The second-order valence-electron chi connectivity index (χ2n) is 5.94. The average Bonchev–Trinajstić information content (AvgIpc) is 2.82. The molecule has 116 valence electrons. The van der Waals surface area contributed by atoms with E-state index in [2.05, 4.69) is 19.2 Å². The lowest BCUT2D eigenvalue weighted by Crippen LogP contribution is -2.54. The third-order valence-electron chi connectivity index (χ3n) is 4.43. The highest BCUT2D eigenvalue weighted by Gasteiger charge is 2.45. The minimum Gasteiger partial charge on any atom is -0.480 e. The van der Waals surface area contributed by atoms with Crippen LogP contribution in [-0.4, -0.2) is 40.6 Å². The number of carboxylic acid groups (broad SMARTS) is 1. The molecule has 0 aromatic carbocycles. The molecule has 0 aromatic rings. The summed E-state index contributed by atoms with van der Waals surface area (Å²) in [6, 6.07) is -0.234. The topological polar surface area (TPSA) is 69.6 Å². The first kappa shape index (κ1) is 16.8. The molecule has 2 atom stereocenters. The standard InChI is InChI=1S/C15H28N2O3/c1-4-6-8-12(5-2)11-16-14(20)17-10-7-9-15(17,3)13(18)19/h12H,4-11H2,1-3H3,(H,16,20)(H,18,19). The van der Waals surface area contributed by atoms with Crippen LogP contribution in [0, 0.1) is 5.92 Å². The molecule has 0 aromatic heterocycles. The summed E-state index contributed by atoms with van der Waals surface area (Å²) in [4.78, 5) is 25.0. The molecular formula is C15H28N2O3. The number of likely N-dealkylation sites (tertiary alicyclic amines) is 1. The Kier molecular flexibility index (Phi) is 6.30. The number of rotatable bonds is 7. The predicted octanol–water partition coefficient (Wildman–Crippen LogP) is 2.85. The zero-order valence-corrected chi connectivity index (χ0v) is 12.9. The van der Waals surface area contributed by atoms with E-state index in [-0.39, 0.29) is 6.03 Å². The van der Waals surface area contributed by atoms with Crippen molar-refractivity contribution in [2.45, 2.75) is 64.8 Å². The van der Waals surface area contributed by atoms with Crippen LogP contribution in [0.15, 0.2) is 0 Å². The predicted molar refractivity (Wildman–Crippen MR) is 78.7 cm³/mol. The van der Waals surface area contributed by atoms with Crippen LogP contribution in [-0.2, 0) is 4.79 Å². The first-order valence-electron chi connectivity index (χ1n) is 7.74. The van der Waals surface area contributed by atoms with E-state index in [9.17, 15) is 14.7 Å². The van der Waals surface area contributed by atoms with E-state index >= 15 is 0 Å². The summed E-state index contributed by atoms with van der Waals surface area (Å²) in [5, 5.41) is 12.2. The van der Waals surface area contributed by atoms with Crippen LogP contribution in [0.3, 0.4) is 0 Å². The van der Waals surface area contributed by atoms with Crippen molar-refractivity contribution in [1.82, 2.24) is 10.2 Å². The molecule has 1 rings (SSSR count). The van der Waals surface area contributed by atoms with Crippen molar-refractivity contribution < 1.29 is 14.7 Å². The molecule has 0 spiro atoms. The molecule has 0 radical (unpaired) electrons. The van der Waals surface area contributed by atoms with E-state index in [1.807, 2.05) is 0 Å². The van der Waals surface area contributed by atoms with E-state index in [1.54, 1.807) is 6.92 Å². The number of nitrogens with one attached hydrogen (secondary N) is 1. The third-order valence-corrected chi connectivity index (χ3v) is 4.43. The van der Waals surface area contributed by atoms with E-state index in [0.717, 1.165) is 25.7 Å². The maximum atomic E-state index is 12.2.